The Kier molecular flexibility index (Phi) is 5.12. The van der Waals surface area contributed by atoms with Gasteiger partial charge in [0.1, 0.15) is 11.9 Å². The maximum absolute atomic E-state index is 12.4. The summed E-state index contributed by atoms with van der Waals surface area (Å²) in [5.41, 5.74) is -0.926. The molecule has 2 rings (SSSR count). The molecule has 2 N–H and O–H groups in total. The Labute approximate surface area is 130 Å². The quantitative estimate of drug-likeness (QED) is 0.840. The van der Waals surface area contributed by atoms with Crippen LogP contribution in [-0.2, 0) is 16.2 Å². The molecule has 23 heavy (non-hydrogen) atoms. The number of aliphatic hydroxyl groups excluding tert-OH is 1. The molecule has 0 bridgehead atoms. The molecule has 126 valence electrons. The summed E-state index contributed by atoms with van der Waals surface area (Å²) in [6.07, 6.45) is -4.05. The van der Waals surface area contributed by atoms with Gasteiger partial charge in [-0.3, -0.25) is 0 Å². The fraction of sp³-hybridized carbons (Fsp3) is 0.286. The molecule has 0 saturated heterocycles. The van der Waals surface area contributed by atoms with Crippen LogP contribution in [0, 0.1) is 0 Å². The van der Waals surface area contributed by atoms with Gasteiger partial charge >= 0.3 is 6.18 Å². The van der Waals surface area contributed by atoms with Gasteiger partial charge < -0.3 is 9.52 Å². The molecule has 1 atom stereocenters. The van der Waals surface area contributed by atoms with Gasteiger partial charge in [-0.2, -0.15) is 13.2 Å². The molecule has 0 aliphatic heterocycles. The largest absolute Gasteiger partial charge is 0.467 e. The Morgan fingerprint density at radius 3 is 2.35 bits per heavy atom. The van der Waals surface area contributed by atoms with E-state index in [2.05, 4.69) is 4.72 Å². The molecule has 1 aromatic carbocycles. The number of alkyl halides is 3. The highest BCUT2D eigenvalue weighted by Crippen LogP contribution is 2.29. The summed E-state index contributed by atoms with van der Waals surface area (Å²) in [4.78, 5) is -0.280. The zero-order valence-corrected chi connectivity index (χ0v) is 12.6. The molecule has 1 heterocycles. The van der Waals surface area contributed by atoms with Gasteiger partial charge in [-0.25, -0.2) is 13.1 Å². The summed E-state index contributed by atoms with van der Waals surface area (Å²) in [5.74, 6) is 0.304. The van der Waals surface area contributed by atoms with Gasteiger partial charge in [-0.05, 0) is 42.8 Å². The van der Waals surface area contributed by atoms with Crippen molar-refractivity contribution in [3.8, 4) is 0 Å². The smallest absolute Gasteiger partial charge is 0.416 e. The monoisotopic (exact) mass is 349 g/mol. The number of rotatable bonds is 6. The number of halogens is 3. The molecule has 0 radical (unpaired) electrons. The molecule has 0 aliphatic carbocycles. The van der Waals surface area contributed by atoms with Gasteiger partial charge in [0, 0.05) is 6.54 Å². The standard InChI is InChI=1S/C14H14F3NO4S/c15-14(16,17)10-3-5-11(6-4-10)23(20,21)18-8-7-12(19)13-2-1-9-22-13/h1-6,9,12,18-19H,7-8H2/t12-/m0/s1. The molecule has 0 aliphatic rings. The predicted octanol–water partition coefficient (Wildman–Crippen LogP) is 2.70. The molecule has 2 aromatic rings. The van der Waals surface area contributed by atoms with E-state index in [9.17, 15) is 26.7 Å². The minimum Gasteiger partial charge on any atom is -0.467 e. The second-order valence-corrected chi connectivity index (χ2v) is 6.51. The third-order valence-electron chi connectivity index (χ3n) is 3.07. The first kappa shape index (κ1) is 17.5. The molecule has 9 heteroatoms. The Morgan fingerprint density at radius 1 is 1.17 bits per heavy atom. The molecule has 5 nitrogen and oxygen atoms in total. The third kappa shape index (κ3) is 4.57. The van der Waals surface area contributed by atoms with Crippen molar-refractivity contribution in [2.24, 2.45) is 0 Å². The number of benzene rings is 1. The lowest BCUT2D eigenvalue weighted by Gasteiger charge is -2.11. The highest BCUT2D eigenvalue weighted by molar-refractivity contribution is 7.89. The number of sulfonamides is 1. The van der Waals surface area contributed by atoms with Gasteiger partial charge in [-0.1, -0.05) is 0 Å². The highest BCUT2D eigenvalue weighted by atomic mass is 32.2. The van der Waals surface area contributed by atoms with Crippen LogP contribution in [-0.4, -0.2) is 20.1 Å². The topological polar surface area (TPSA) is 79.5 Å². The maximum Gasteiger partial charge on any atom is 0.416 e. The number of aliphatic hydroxyl groups is 1. The van der Waals surface area contributed by atoms with Crippen LogP contribution in [0.5, 0.6) is 0 Å². The van der Waals surface area contributed by atoms with E-state index in [1.807, 2.05) is 0 Å². The molecule has 0 saturated carbocycles. The third-order valence-corrected chi connectivity index (χ3v) is 4.55. The van der Waals surface area contributed by atoms with Crippen LogP contribution in [0.1, 0.15) is 23.8 Å². The lowest BCUT2D eigenvalue weighted by atomic mass is 10.2. The summed E-state index contributed by atoms with van der Waals surface area (Å²) >= 11 is 0. The number of nitrogens with one attached hydrogen (secondary N) is 1. The van der Waals surface area contributed by atoms with Gasteiger partial charge in [0.25, 0.3) is 0 Å². The molecule has 0 spiro atoms. The first-order chi connectivity index (χ1) is 10.7. The molecule has 0 unspecified atom stereocenters. The van der Waals surface area contributed by atoms with E-state index in [1.165, 1.54) is 6.26 Å². The van der Waals surface area contributed by atoms with E-state index in [1.54, 1.807) is 12.1 Å². The van der Waals surface area contributed by atoms with E-state index in [-0.39, 0.29) is 17.9 Å². The minimum absolute atomic E-state index is 0.0629. The zero-order valence-electron chi connectivity index (χ0n) is 11.7. The average Bonchev–Trinajstić information content (AvgIpc) is 3.00. The van der Waals surface area contributed by atoms with Gasteiger partial charge in [0.05, 0.1) is 16.7 Å². The summed E-state index contributed by atoms with van der Waals surface area (Å²) in [7, 11) is -3.95. The van der Waals surface area contributed by atoms with E-state index < -0.39 is 27.9 Å². The molecular weight excluding hydrogens is 335 g/mol. The second-order valence-electron chi connectivity index (χ2n) is 4.74. The van der Waals surface area contributed by atoms with Crippen LogP contribution in [0.4, 0.5) is 13.2 Å². The van der Waals surface area contributed by atoms with Crippen LogP contribution in [0.2, 0.25) is 0 Å². The Balaban J connectivity index is 1.96. The van der Waals surface area contributed by atoms with Crippen LogP contribution >= 0.6 is 0 Å². The van der Waals surface area contributed by atoms with E-state index >= 15 is 0 Å². The SMILES string of the molecule is O=S(=O)(NCC[C@H](O)c1ccco1)c1ccc(C(F)(F)F)cc1. The van der Waals surface area contributed by atoms with Gasteiger partial charge in [-0.15, -0.1) is 0 Å². The molecule has 0 fully saturated rings. The number of hydrogen-bond acceptors (Lipinski definition) is 4. The van der Waals surface area contributed by atoms with Crippen molar-refractivity contribution in [1.29, 1.82) is 0 Å². The molecule has 1 aromatic heterocycles. The van der Waals surface area contributed by atoms with Crippen molar-refractivity contribution in [1.82, 2.24) is 4.72 Å². The lowest BCUT2D eigenvalue weighted by Crippen LogP contribution is -2.26. The Hall–Kier alpha value is -1.84. The minimum atomic E-state index is -4.52. The summed E-state index contributed by atoms with van der Waals surface area (Å²) in [6.45, 7) is -0.0920. The second kappa shape index (κ2) is 6.73. The van der Waals surface area contributed by atoms with Crippen molar-refractivity contribution < 1.29 is 31.1 Å². The first-order valence-corrected chi connectivity index (χ1v) is 8.07. The fourth-order valence-electron chi connectivity index (χ4n) is 1.86. The van der Waals surface area contributed by atoms with E-state index in [0.717, 1.165) is 12.1 Å². The average molecular weight is 349 g/mol. The number of hydrogen-bond donors (Lipinski definition) is 2. The zero-order chi connectivity index (χ0) is 17.1. The molecular formula is C14H14F3NO4S. The van der Waals surface area contributed by atoms with Crippen molar-refractivity contribution >= 4 is 10.0 Å². The normalized spacial score (nSPS) is 13.9. The maximum atomic E-state index is 12.4. The Morgan fingerprint density at radius 2 is 1.83 bits per heavy atom. The van der Waals surface area contributed by atoms with Crippen molar-refractivity contribution in [3.05, 3.63) is 54.0 Å². The van der Waals surface area contributed by atoms with Crippen LogP contribution in [0.15, 0.2) is 52.0 Å². The summed E-state index contributed by atoms with van der Waals surface area (Å²) in [5, 5.41) is 9.75. The van der Waals surface area contributed by atoms with Gasteiger partial charge in [0.15, 0.2) is 0 Å². The first-order valence-electron chi connectivity index (χ1n) is 6.58. The fourth-order valence-corrected chi connectivity index (χ4v) is 2.91. The molecule has 0 amide bonds. The predicted molar refractivity (Wildman–Crippen MR) is 74.9 cm³/mol. The van der Waals surface area contributed by atoms with Crippen LogP contribution in [0.25, 0.3) is 0 Å². The van der Waals surface area contributed by atoms with Crippen molar-refractivity contribution in [2.45, 2.75) is 23.6 Å². The lowest BCUT2D eigenvalue weighted by molar-refractivity contribution is -0.137. The van der Waals surface area contributed by atoms with Crippen LogP contribution < -0.4 is 4.72 Å². The Bertz CT molecular complexity index is 724. The van der Waals surface area contributed by atoms with Crippen molar-refractivity contribution in [2.75, 3.05) is 6.54 Å². The summed E-state index contributed by atoms with van der Waals surface area (Å²) in [6, 6.07) is 6.31. The van der Waals surface area contributed by atoms with Gasteiger partial charge in [0.2, 0.25) is 10.0 Å². The van der Waals surface area contributed by atoms with E-state index in [4.69, 9.17) is 4.42 Å². The number of furan rings is 1. The van der Waals surface area contributed by atoms with Crippen molar-refractivity contribution in [3.63, 3.8) is 0 Å². The highest BCUT2D eigenvalue weighted by Gasteiger charge is 2.30. The van der Waals surface area contributed by atoms with E-state index in [0.29, 0.717) is 17.9 Å². The van der Waals surface area contributed by atoms with Crippen LogP contribution in [0.3, 0.4) is 0 Å². The summed E-state index contributed by atoms with van der Waals surface area (Å²) < 4.78 is 68.4.